The van der Waals surface area contributed by atoms with Gasteiger partial charge in [0.25, 0.3) is 0 Å². The molecule has 2 rings (SSSR count). The second-order valence-electron chi connectivity index (χ2n) is 5.78. The van der Waals surface area contributed by atoms with Crippen molar-refractivity contribution < 1.29 is 4.74 Å². The molecule has 0 N–H and O–H groups in total. The number of hydrogen-bond acceptors (Lipinski definition) is 3. The molecule has 1 heterocycles. The average molecular weight is 297 g/mol. The minimum Gasteiger partial charge on any atom is -0.381 e. The monoisotopic (exact) mass is 296 g/mol. The number of thioether (sulfide) groups is 1. The van der Waals surface area contributed by atoms with Crippen molar-refractivity contribution in [3.8, 4) is 0 Å². The molecule has 0 aromatic heterocycles. The van der Waals surface area contributed by atoms with Crippen LogP contribution in [0.1, 0.15) is 38.2 Å². The van der Waals surface area contributed by atoms with E-state index in [0.29, 0.717) is 11.3 Å². The highest BCUT2D eigenvalue weighted by Crippen LogP contribution is 2.37. The summed E-state index contributed by atoms with van der Waals surface area (Å²) < 4.78 is 5.48. The average Bonchev–Trinajstić information content (AvgIpc) is 2.46. The minimum absolute atomic E-state index is 0.364. The zero-order valence-corrected chi connectivity index (χ0v) is 13.6. The maximum atomic E-state index is 5.48. The van der Waals surface area contributed by atoms with Crippen LogP contribution < -0.4 is 0 Å². The molecule has 1 aromatic carbocycles. The first-order chi connectivity index (χ1) is 9.15. The van der Waals surface area contributed by atoms with Crippen molar-refractivity contribution in [2.75, 3.05) is 24.7 Å². The van der Waals surface area contributed by atoms with Crippen LogP contribution in [0.15, 0.2) is 29.2 Å². The maximum absolute atomic E-state index is 5.48. The lowest BCUT2D eigenvalue weighted by Gasteiger charge is -2.35. The van der Waals surface area contributed by atoms with Crippen LogP contribution in [0.25, 0.3) is 0 Å². The molecule has 0 amide bonds. The first-order valence-electron chi connectivity index (χ1n) is 7.07. The van der Waals surface area contributed by atoms with E-state index in [1.165, 1.54) is 10.5 Å². The van der Waals surface area contributed by atoms with Crippen molar-refractivity contribution in [1.82, 2.24) is 0 Å². The molecule has 1 saturated heterocycles. The minimum atomic E-state index is 0.364. The number of hydrogen-bond donors (Lipinski definition) is 1. The molecule has 1 fully saturated rings. The fourth-order valence-corrected chi connectivity index (χ4v) is 4.11. The molecule has 0 unspecified atom stereocenters. The summed E-state index contributed by atoms with van der Waals surface area (Å²) in [4.78, 5) is 1.37. The topological polar surface area (TPSA) is 9.23 Å². The highest BCUT2D eigenvalue weighted by atomic mass is 32.2. The van der Waals surface area contributed by atoms with Gasteiger partial charge in [0.1, 0.15) is 0 Å². The highest BCUT2D eigenvalue weighted by Gasteiger charge is 2.31. The Morgan fingerprint density at radius 3 is 2.37 bits per heavy atom. The summed E-state index contributed by atoms with van der Waals surface area (Å²) in [6.45, 7) is 6.26. The van der Waals surface area contributed by atoms with Crippen LogP contribution in [0.4, 0.5) is 0 Å². The molecule has 0 atom stereocenters. The molecule has 3 heteroatoms. The summed E-state index contributed by atoms with van der Waals surface area (Å²) in [5.74, 6) is 2.73. The summed E-state index contributed by atoms with van der Waals surface area (Å²) in [7, 11) is 0. The van der Waals surface area contributed by atoms with Gasteiger partial charge in [-0.25, -0.2) is 0 Å². The summed E-state index contributed by atoms with van der Waals surface area (Å²) in [5, 5.41) is 0. The molecule has 106 valence electrons. The van der Waals surface area contributed by atoms with E-state index in [9.17, 15) is 0 Å². The Morgan fingerprint density at radius 1 is 1.21 bits per heavy atom. The molecule has 0 bridgehead atoms. The molecule has 0 radical (unpaired) electrons. The van der Waals surface area contributed by atoms with E-state index in [0.717, 1.165) is 37.6 Å². The Labute approximate surface area is 126 Å². The third-order valence-corrected chi connectivity index (χ3v) is 6.01. The lowest BCUT2D eigenvalue weighted by atomic mass is 9.84. The van der Waals surface area contributed by atoms with E-state index in [-0.39, 0.29) is 0 Å². The smallest absolute Gasteiger partial charge is 0.0471 e. The van der Waals surface area contributed by atoms with Crippen molar-refractivity contribution >= 4 is 24.4 Å². The van der Waals surface area contributed by atoms with E-state index in [1.807, 2.05) is 11.8 Å². The molecule has 0 aliphatic carbocycles. The number of thiol groups is 1. The molecule has 0 saturated carbocycles. The van der Waals surface area contributed by atoms with Crippen molar-refractivity contribution in [3.63, 3.8) is 0 Å². The van der Waals surface area contributed by atoms with E-state index in [2.05, 4.69) is 50.7 Å². The highest BCUT2D eigenvalue weighted by molar-refractivity contribution is 7.99. The Morgan fingerprint density at radius 2 is 1.84 bits per heavy atom. The number of benzene rings is 1. The van der Waals surface area contributed by atoms with Crippen LogP contribution in [0.3, 0.4) is 0 Å². The molecule has 1 nitrogen and oxygen atoms in total. The molecule has 1 aliphatic rings. The largest absolute Gasteiger partial charge is 0.381 e. The van der Waals surface area contributed by atoms with Gasteiger partial charge >= 0.3 is 0 Å². The maximum Gasteiger partial charge on any atom is 0.0471 e. The van der Waals surface area contributed by atoms with Crippen LogP contribution in [-0.4, -0.2) is 24.7 Å². The van der Waals surface area contributed by atoms with E-state index in [1.54, 1.807) is 0 Å². The second-order valence-corrected chi connectivity index (χ2v) is 7.15. The predicted molar refractivity (Wildman–Crippen MR) is 87.6 cm³/mol. The van der Waals surface area contributed by atoms with Gasteiger partial charge in [-0.15, -0.1) is 11.8 Å². The molecule has 1 aliphatic heterocycles. The summed E-state index contributed by atoms with van der Waals surface area (Å²) in [6.07, 6.45) is 2.29. The third-order valence-electron chi connectivity index (χ3n) is 3.98. The van der Waals surface area contributed by atoms with Crippen molar-refractivity contribution in [2.24, 2.45) is 5.41 Å². The van der Waals surface area contributed by atoms with Gasteiger partial charge in [-0.1, -0.05) is 26.0 Å². The second kappa shape index (κ2) is 7.05. The van der Waals surface area contributed by atoms with Gasteiger partial charge in [-0.05, 0) is 47.6 Å². The van der Waals surface area contributed by atoms with Crippen LogP contribution in [0.2, 0.25) is 0 Å². The van der Waals surface area contributed by atoms with Gasteiger partial charge in [0.05, 0.1) is 0 Å². The van der Waals surface area contributed by atoms with Gasteiger partial charge < -0.3 is 4.74 Å². The third kappa shape index (κ3) is 4.17. The Bertz CT molecular complexity index is 380. The lowest BCUT2D eigenvalue weighted by molar-refractivity contribution is 0.0371. The molecular weight excluding hydrogens is 272 g/mol. The SMILES string of the molecule is CC(C)c1ccc(SCC2(CS)CCOCC2)cc1. The number of rotatable bonds is 5. The van der Waals surface area contributed by atoms with Crippen molar-refractivity contribution in [2.45, 2.75) is 37.5 Å². The lowest BCUT2D eigenvalue weighted by Crippen LogP contribution is -2.33. The van der Waals surface area contributed by atoms with E-state index in [4.69, 9.17) is 4.74 Å². The standard InChI is InChI=1S/C16H24OS2/c1-13(2)14-3-5-15(6-4-14)19-12-16(11-18)7-9-17-10-8-16/h3-6,13,18H,7-12H2,1-2H3. The van der Waals surface area contributed by atoms with Crippen molar-refractivity contribution in [3.05, 3.63) is 29.8 Å². The van der Waals surface area contributed by atoms with Gasteiger partial charge in [-0.3, -0.25) is 0 Å². The van der Waals surface area contributed by atoms with Crippen LogP contribution in [0.5, 0.6) is 0 Å². The van der Waals surface area contributed by atoms with Gasteiger partial charge in [-0.2, -0.15) is 12.6 Å². The number of ether oxygens (including phenoxy) is 1. The fraction of sp³-hybridized carbons (Fsp3) is 0.625. The molecule has 1 aromatic rings. The normalized spacial score (nSPS) is 18.7. The van der Waals surface area contributed by atoms with Gasteiger partial charge in [0.2, 0.25) is 0 Å². The predicted octanol–water partition coefficient (Wildman–Crippen LogP) is 4.63. The Hall–Kier alpha value is -0.120. The first kappa shape index (κ1) is 15.3. The Balaban J connectivity index is 1.93. The summed E-state index contributed by atoms with van der Waals surface area (Å²) in [5.41, 5.74) is 1.78. The fourth-order valence-electron chi connectivity index (χ4n) is 2.34. The summed E-state index contributed by atoms with van der Waals surface area (Å²) >= 11 is 6.54. The summed E-state index contributed by atoms with van der Waals surface area (Å²) in [6, 6.07) is 9.02. The molecule has 0 spiro atoms. The van der Waals surface area contributed by atoms with Crippen molar-refractivity contribution in [1.29, 1.82) is 0 Å². The molecular formula is C16H24OS2. The van der Waals surface area contributed by atoms with Crippen LogP contribution in [-0.2, 0) is 4.74 Å². The van der Waals surface area contributed by atoms with Crippen LogP contribution in [0, 0.1) is 5.41 Å². The van der Waals surface area contributed by atoms with Gasteiger partial charge in [0.15, 0.2) is 0 Å². The van der Waals surface area contributed by atoms with E-state index >= 15 is 0 Å². The molecule has 19 heavy (non-hydrogen) atoms. The zero-order chi connectivity index (χ0) is 13.7. The Kier molecular flexibility index (Phi) is 5.67. The van der Waals surface area contributed by atoms with Gasteiger partial charge in [0, 0.05) is 23.9 Å². The quantitative estimate of drug-likeness (QED) is 0.626. The van der Waals surface area contributed by atoms with Crippen LogP contribution >= 0.6 is 24.4 Å². The van der Waals surface area contributed by atoms with E-state index < -0.39 is 0 Å². The zero-order valence-electron chi connectivity index (χ0n) is 11.9. The first-order valence-corrected chi connectivity index (χ1v) is 8.68.